The van der Waals surface area contributed by atoms with Gasteiger partial charge in [-0.15, -0.1) is 0 Å². The molecule has 0 aliphatic carbocycles. The van der Waals surface area contributed by atoms with Crippen molar-refractivity contribution in [1.82, 2.24) is 9.97 Å². The summed E-state index contributed by atoms with van der Waals surface area (Å²) in [4.78, 5) is 20.5. The molecule has 0 atom stereocenters. The van der Waals surface area contributed by atoms with Crippen LogP contribution in [0.5, 0.6) is 5.75 Å². The number of benzene rings is 1. The monoisotopic (exact) mass is 348 g/mol. The summed E-state index contributed by atoms with van der Waals surface area (Å²) in [5.41, 5.74) is 2.88. The molecule has 2 heterocycles. The Morgan fingerprint density at radius 2 is 1.88 bits per heavy atom. The van der Waals surface area contributed by atoms with Gasteiger partial charge in [0.25, 0.3) is 0 Å². The van der Waals surface area contributed by atoms with E-state index in [4.69, 9.17) is 4.74 Å². The van der Waals surface area contributed by atoms with E-state index in [0.717, 1.165) is 22.6 Å². The van der Waals surface area contributed by atoms with Crippen LogP contribution in [0, 0.1) is 0 Å². The lowest BCUT2D eigenvalue weighted by molar-refractivity contribution is -0.115. The molecule has 3 rings (SSSR count). The van der Waals surface area contributed by atoms with Crippen molar-refractivity contribution >= 4 is 17.4 Å². The molecule has 0 aliphatic rings. The van der Waals surface area contributed by atoms with E-state index in [1.807, 2.05) is 48.7 Å². The van der Waals surface area contributed by atoms with Crippen LogP contribution >= 0.6 is 0 Å². The molecule has 1 aromatic carbocycles. The number of hydrogen-bond donors (Lipinski definition) is 2. The minimum absolute atomic E-state index is 0.112. The van der Waals surface area contributed by atoms with Gasteiger partial charge in [0.15, 0.2) is 0 Å². The highest BCUT2D eigenvalue weighted by Gasteiger charge is 2.05. The first-order valence-electron chi connectivity index (χ1n) is 8.24. The van der Waals surface area contributed by atoms with Crippen LogP contribution in [0.25, 0.3) is 0 Å². The zero-order valence-corrected chi connectivity index (χ0v) is 14.5. The van der Waals surface area contributed by atoms with E-state index in [1.165, 1.54) is 0 Å². The molecular weight excluding hydrogens is 328 g/mol. The maximum Gasteiger partial charge on any atom is 0.229 e. The molecule has 3 aromatic rings. The summed E-state index contributed by atoms with van der Waals surface area (Å²) in [5.74, 6) is 1.18. The van der Waals surface area contributed by atoms with E-state index in [1.54, 1.807) is 25.6 Å². The minimum Gasteiger partial charge on any atom is -0.497 e. The molecule has 2 N–H and O–H groups in total. The van der Waals surface area contributed by atoms with E-state index < -0.39 is 0 Å². The van der Waals surface area contributed by atoms with E-state index in [9.17, 15) is 4.79 Å². The Balaban J connectivity index is 1.50. The second-order valence-corrected chi connectivity index (χ2v) is 5.72. The van der Waals surface area contributed by atoms with Gasteiger partial charge in [0.1, 0.15) is 11.6 Å². The number of pyridine rings is 2. The predicted molar refractivity (Wildman–Crippen MR) is 101 cm³/mol. The molecule has 0 saturated carbocycles. The fraction of sp³-hybridized carbons (Fsp3) is 0.150. The first-order valence-corrected chi connectivity index (χ1v) is 8.24. The Morgan fingerprint density at radius 3 is 2.54 bits per heavy atom. The van der Waals surface area contributed by atoms with Crippen molar-refractivity contribution in [3.63, 3.8) is 0 Å². The molecular formula is C20H20N4O2. The van der Waals surface area contributed by atoms with Crippen molar-refractivity contribution < 1.29 is 9.53 Å². The van der Waals surface area contributed by atoms with E-state index >= 15 is 0 Å². The zero-order valence-electron chi connectivity index (χ0n) is 14.5. The summed E-state index contributed by atoms with van der Waals surface area (Å²) in [5, 5.41) is 6.07. The molecule has 6 nitrogen and oxygen atoms in total. The van der Waals surface area contributed by atoms with Gasteiger partial charge in [-0.2, -0.15) is 0 Å². The number of hydrogen-bond acceptors (Lipinski definition) is 5. The third-order valence-corrected chi connectivity index (χ3v) is 3.77. The predicted octanol–water partition coefficient (Wildman–Crippen LogP) is 3.28. The molecule has 26 heavy (non-hydrogen) atoms. The number of nitrogens with zero attached hydrogens (tertiary/aromatic N) is 2. The summed E-state index contributed by atoms with van der Waals surface area (Å²) >= 11 is 0. The topological polar surface area (TPSA) is 76.1 Å². The summed E-state index contributed by atoms with van der Waals surface area (Å²) in [6.45, 7) is 0.665. The van der Waals surface area contributed by atoms with Gasteiger partial charge >= 0.3 is 0 Å². The van der Waals surface area contributed by atoms with Gasteiger partial charge in [0, 0.05) is 18.9 Å². The van der Waals surface area contributed by atoms with Gasteiger partial charge in [0.2, 0.25) is 5.91 Å². The molecule has 0 unspecified atom stereocenters. The number of carbonyl (C=O) groups excluding carboxylic acids is 1. The molecule has 0 radical (unpaired) electrons. The summed E-state index contributed by atoms with van der Waals surface area (Å²) in [6, 6.07) is 15.0. The summed E-state index contributed by atoms with van der Waals surface area (Å²) in [7, 11) is 1.61. The lowest BCUT2D eigenvalue weighted by atomic mass is 10.1. The normalized spacial score (nSPS) is 10.2. The van der Waals surface area contributed by atoms with Crippen LogP contribution in [0.1, 0.15) is 11.1 Å². The van der Waals surface area contributed by atoms with E-state index in [-0.39, 0.29) is 12.3 Å². The third kappa shape index (κ3) is 5.04. The quantitative estimate of drug-likeness (QED) is 0.685. The molecule has 6 heteroatoms. The molecule has 132 valence electrons. The van der Waals surface area contributed by atoms with Crippen LogP contribution in [-0.2, 0) is 17.8 Å². The maximum atomic E-state index is 12.1. The molecule has 2 aromatic heterocycles. The van der Waals surface area contributed by atoms with Crippen LogP contribution in [-0.4, -0.2) is 23.0 Å². The number of anilines is 2. The third-order valence-electron chi connectivity index (χ3n) is 3.77. The fourth-order valence-electron chi connectivity index (χ4n) is 2.40. The highest BCUT2D eigenvalue weighted by molar-refractivity contribution is 5.91. The lowest BCUT2D eigenvalue weighted by Gasteiger charge is -2.08. The zero-order chi connectivity index (χ0) is 18.2. The van der Waals surface area contributed by atoms with Crippen LogP contribution in [0.3, 0.4) is 0 Å². The first kappa shape index (κ1) is 17.4. The van der Waals surface area contributed by atoms with Crippen LogP contribution in [0.2, 0.25) is 0 Å². The number of methoxy groups -OCH3 is 1. The SMILES string of the molecule is COc1ccc(CC(=O)Nc2ccc(NCc3cccnc3)cn2)cc1. The average molecular weight is 348 g/mol. The van der Waals surface area contributed by atoms with Crippen molar-refractivity contribution in [2.75, 3.05) is 17.7 Å². The van der Waals surface area contributed by atoms with Gasteiger partial charge in [-0.25, -0.2) is 4.98 Å². The number of nitrogens with one attached hydrogen (secondary N) is 2. The highest BCUT2D eigenvalue weighted by Crippen LogP contribution is 2.14. The van der Waals surface area contributed by atoms with Crippen molar-refractivity contribution in [1.29, 1.82) is 0 Å². The van der Waals surface area contributed by atoms with E-state index in [2.05, 4.69) is 20.6 Å². The molecule has 0 saturated heterocycles. The number of carbonyl (C=O) groups is 1. The minimum atomic E-state index is -0.112. The maximum absolute atomic E-state index is 12.1. The van der Waals surface area contributed by atoms with Crippen molar-refractivity contribution in [3.8, 4) is 5.75 Å². The Bertz CT molecular complexity index is 834. The van der Waals surface area contributed by atoms with Crippen LogP contribution < -0.4 is 15.4 Å². The van der Waals surface area contributed by atoms with Gasteiger partial charge in [-0.1, -0.05) is 18.2 Å². The Hall–Kier alpha value is -3.41. The van der Waals surface area contributed by atoms with Gasteiger partial charge in [-0.3, -0.25) is 9.78 Å². The summed E-state index contributed by atoms with van der Waals surface area (Å²) in [6.07, 6.45) is 5.54. The van der Waals surface area contributed by atoms with Crippen molar-refractivity contribution in [3.05, 3.63) is 78.2 Å². The number of ether oxygens (including phenoxy) is 1. The fourth-order valence-corrected chi connectivity index (χ4v) is 2.40. The Labute approximate surface area is 152 Å². The van der Waals surface area contributed by atoms with E-state index in [0.29, 0.717) is 12.4 Å². The largest absolute Gasteiger partial charge is 0.497 e. The Morgan fingerprint density at radius 1 is 1.04 bits per heavy atom. The lowest BCUT2D eigenvalue weighted by Crippen LogP contribution is -2.15. The molecule has 0 bridgehead atoms. The molecule has 0 spiro atoms. The summed E-state index contributed by atoms with van der Waals surface area (Å²) < 4.78 is 5.11. The van der Waals surface area contributed by atoms with Gasteiger partial charge in [-0.05, 0) is 41.5 Å². The van der Waals surface area contributed by atoms with Gasteiger partial charge in [0.05, 0.1) is 25.4 Å². The standard InChI is InChI=1S/C20H20N4O2/c1-26-18-7-4-15(5-8-18)11-20(25)24-19-9-6-17(14-23-19)22-13-16-3-2-10-21-12-16/h2-10,12,14,22H,11,13H2,1H3,(H,23,24,25). The first-order chi connectivity index (χ1) is 12.7. The van der Waals surface area contributed by atoms with Crippen LogP contribution in [0.4, 0.5) is 11.5 Å². The highest BCUT2D eigenvalue weighted by atomic mass is 16.5. The van der Waals surface area contributed by atoms with Crippen LogP contribution in [0.15, 0.2) is 67.1 Å². The number of aromatic nitrogens is 2. The molecule has 1 amide bonds. The van der Waals surface area contributed by atoms with Crippen molar-refractivity contribution in [2.45, 2.75) is 13.0 Å². The van der Waals surface area contributed by atoms with Gasteiger partial charge < -0.3 is 15.4 Å². The second-order valence-electron chi connectivity index (χ2n) is 5.72. The number of rotatable bonds is 7. The average Bonchev–Trinajstić information content (AvgIpc) is 2.69. The second kappa shape index (κ2) is 8.62. The number of amides is 1. The smallest absolute Gasteiger partial charge is 0.229 e. The van der Waals surface area contributed by atoms with Crippen molar-refractivity contribution in [2.24, 2.45) is 0 Å². The molecule has 0 fully saturated rings. The Kier molecular flexibility index (Phi) is 5.77. The molecule has 0 aliphatic heterocycles.